The molecule has 0 saturated heterocycles. The summed E-state index contributed by atoms with van der Waals surface area (Å²) in [5, 5.41) is 12.5. The highest BCUT2D eigenvalue weighted by atomic mass is 19.4. The van der Waals surface area contributed by atoms with Crippen molar-refractivity contribution >= 4 is 5.91 Å². The largest absolute Gasteiger partial charge is 0.505 e. The minimum Gasteiger partial charge on any atom is -0.505 e. The lowest BCUT2D eigenvalue weighted by atomic mass is 10.1. The molecule has 24 heavy (non-hydrogen) atoms. The van der Waals surface area contributed by atoms with Crippen LogP contribution in [-0.2, 0) is 17.4 Å². The molecule has 0 aliphatic carbocycles. The second kappa shape index (κ2) is 6.98. The maximum absolute atomic E-state index is 12.6. The van der Waals surface area contributed by atoms with Gasteiger partial charge in [0.2, 0.25) is 0 Å². The second-order valence-electron chi connectivity index (χ2n) is 5.69. The van der Waals surface area contributed by atoms with Crippen LogP contribution in [0.15, 0.2) is 47.9 Å². The lowest BCUT2D eigenvalue weighted by Gasteiger charge is -2.11. The topological polar surface area (TPSA) is 52.6 Å². The summed E-state index contributed by atoms with van der Waals surface area (Å²) in [7, 11) is 1.71. The smallest absolute Gasteiger partial charge is 0.416 e. The van der Waals surface area contributed by atoms with Gasteiger partial charge in [0.1, 0.15) is 5.76 Å². The van der Waals surface area contributed by atoms with Crippen molar-refractivity contribution < 1.29 is 23.1 Å². The van der Waals surface area contributed by atoms with E-state index in [0.717, 1.165) is 12.1 Å². The first-order valence-electron chi connectivity index (χ1n) is 7.47. The summed E-state index contributed by atoms with van der Waals surface area (Å²) in [6, 6.07) is 5.15. The number of rotatable bonds is 5. The third-order valence-corrected chi connectivity index (χ3v) is 3.87. The molecule has 1 aromatic carbocycles. The summed E-state index contributed by atoms with van der Waals surface area (Å²) < 4.78 is 37.9. The van der Waals surface area contributed by atoms with E-state index in [1.165, 1.54) is 6.07 Å². The van der Waals surface area contributed by atoms with Crippen LogP contribution in [0.2, 0.25) is 0 Å². The van der Waals surface area contributed by atoms with Crippen molar-refractivity contribution in [1.29, 1.82) is 0 Å². The molecule has 1 aliphatic rings. The lowest BCUT2D eigenvalue weighted by Crippen LogP contribution is -2.28. The van der Waals surface area contributed by atoms with Crippen LogP contribution >= 0.6 is 0 Å². The highest BCUT2D eigenvalue weighted by Gasteiger charge is 2.30. The van der Waals surface area contributed by atoms with Gasteiger partial charge in [0.15, 0.2) is 0 Å². The van der Waals surface area contributed by atoms with Gasteiger partial charge in [-0.3, -0.25) is 4.79 Å². The molecule has 0 saturated carbocycles. The number of halogens is 3. The quantitative estimate of drug-likeness (QED) is 0.810. The average molecular weight is 340 g/mol. The van der Waals surface area contributed by atoms with Crippen LogP contribution in [-0.4, -0.2) is 36.1 Å². The molecular weight excluding hydrogens is 321 g/mol. The lowest BCUT2D eigenvalue weighted by molar-refractivity contribution is -0.137. The van der Waals surface area contributed by atoms with Gasteiger partial charge in [-0.2, -0.15) is 13.2 Å². The average Bonchev–Trinajstić information content (AvgIpc) is 2.78. The van der Waals surface area contributed by atoms with E-state index in [2.05, 4.69) is 11.9 Å². The highest BCUT2D eigenvalue weighted by molar-refractivity contribution is 5.95. The van der Waals surface area contributed by atoms with Crippen molar-refractivity contribution in [3.63, 3.8) is 0 Å². The molecular formula is C17H19F3N2O2. The number of carbonyl (C=O) groups is 1. The van der Waals surface area contributed by atoms with Crippen molar-refractivity contribution in [2.24, 2.45) is 0 Å². The summed E-state index contributed by atoms with van der Waals surface area (Å²) in [5.74, 6) is -0.505. The van der Waals surface area contributed by atoms with E-state index >= 15 is 0 Å². The summed E-state index contributed by atoms with van der Waals surface area (Å²) in [5.41, 5.74) is 0.535. The molecule has 130 valence electrons. The Bertz CT molecular complexity index is 681. The van der Waals surface area contributed by atoms with E-state index in [9.17, 15) is 23.1 Å². The van der Waals surface area contributed by atoms with Crippen molar-refractivity contribution in [2.45, 2.75) is 19.0 Å². The van der Waals surface area contributed by atoms with Gasteiger partial charge in [-0.15, -0.1) is 0 Å². The van der Waals surface area contributed by atoms with Crippen LogP contribution in [0.4, 0.5) is 13.2 Å². The third kappa shape index (κ3) is 4.10. The Morgan fingerprint density at radius 3 is 2.71 bits per heavy atom. The Hall–Kier alpha value is -2.44. The predicted octanol–water partition coefficient (Wildman–Crippen LogP) is 3.03. The van der Waals surface area contributed by atoms with Crippen LogP contribution in [0, 0.1) is 0 Å². The monoisotopic (exact) mass is 340 g/mol. The molecule has 1 heterocycles. The number of aliphatic hydroxyl groups excluding tert-OH is 1. The van der Waals surface area contributed by atoms with Gasteiger partial charge in [0, 0.05) is 13.6 Å². The molecule has 0 spiro atoms. The number of hydrogen-bond acceptors (Lipinski definition) is 3. The van der Waals surface area contributed by atoms with Crippen molar-refractivity contribution in [3.05, 3.63) is 59.0 Å². The predicted molar refractivity (Wildman–Crippen MR) is 84.2 cm³/mol. The number of nitrogens with zero attached hydrogens (tertiary/aromatic N) is 1. The molecule has 4 nitrogen and oxygen atoms in total. The zero-order valence-electron chi connectivity index (χ0n) is 13.3. The molecule has 2 rings (SSSR count). The zero-order valence-corrected chi connectivity index (χ0v) is 13.3. The molecule has 0 radical (unpaired) electrons. The standard InChI is InChI=1S/C17H19F3N2O2/c1-11-15(23)14(10-22(11)2)16(24)21-8-4-6-12-5-3-7-13(9-12)17(18,19)20/h3,5,7,9,23H,1,4,6,8,10H2,2H3,(H,21,24). The Balaban J connectivity index is 1.84. The van der Waals surface area contributed by atoms with Gasteiger partial charge >= 0.3 is 6.18 Å². The van der Waals surface area contributed by atoms with Gasteiger partial charge in [0.25, 0.3) is 5.91 Å². The number of aryl methyl sites for hydroxylation is 1. The van der Waals surface area contributed by atoms with Crippen LogP contribution in [0.5, 0.6) is 0 Å². The fraction of sp³-hybridized carbons (Fsp3) is 0.353. The molecule has 0 fully saturated rings. The Morgan fingerprint density at radius 2 is 2.12 bits per heavy atom. The molecule has 0 aromatic heterocycles. The van der Waals surface area contributed by atoms with E-state index < -0.39 is 11.7 Å². The van der Waals surface area contributed by atoms with E-state index in [0.29, 0.717) is 30.6 Å². The van der Waals surface area contributed by atoms with Crippen LogP contribution in [0.25, 0.3) is 0 Å². The number of nitrogens with one attached hydrogen (secondary N) is 1. The number of carbonyl (C=O) groups excluding carboxylic acids is 1. The first-order chi connectivity index (χ1) is 11.2. The Morgan fingerprint density at radius 1 is 1.42 bits per heavy atom. The first-order valence-corrected chi connectivity index (χ1v) is 7.47. The first kappa shape index (κ1) is 17.9. The van der Waals surface area contributed by atoms with E-state index in [-0.39, 0.29) is 23.8 Å². The van der Waals surface area contributed by atoms with E-state index in [1.54, 1.807) is 18.0 Å². The Labute approximate surface area is 138 Å². The summed E-state index contributed by atoms with van der Waals surface area (Å²) in [6.07, 6.45) is -3.44. The van der Waals surface area contributed by atoms with Gasteiger partial charge in [-0.25, -0.2) is 0 Å². The minimum atomic E-state index is -4.36. The summed E-state index contributed by atoms with van der Waals surface area (Å²) in [6.45, 7) is 4.25. The normalized spacial score (nSPS) is 15.2. The maximum atomic E-state index is 12.6. The minimum absolute atomic E-state index is 0.118. The number of alkyl halides is 3. The van der Waals surface area contributed by atoms with Crippen LogP contribution in [0.1, 0.15) is 17.5 Å². The summed E-state index contributed by atoms with van der Waals surface area (Å²) in [4.78, 5) is 13.7. The maximum Gasteiger partial charge on any atom is 0.416 e. The molecule has 0 unspecified atom stereocenters. The fourth-order valence-corrected chi connectivity index (χ4v) is 2.45. The molecule has 2 N–H and O–H groups in total. The van der Waals surface area contributed by atoms with Gasteiger partial charge in [-0.05, 0) is 24.5 Å². The zero-order chi connectivity index (χ0) is 17.9. The van der Waals surface area contributed by atoms with Gasteiger partial charge < -0.3 is 15.3 Å². The van der Waals surface area contributed by atoms with Crippen molar-refractivity contribution in [3.8, 4) is 0 Å². The Kier molecular flexibility index (Phi) is 5.21. The molecule has 7 heteroatoms. The van der Waals surface area contributed by atoms with Crippen LogP contribution in [0.3, 0.4) is 0 Å². The molecule has 1 amide bonds. The van der Waals surface area contributed by atoms with Gasteiger partial charge in [-0.1, -0.05) is 24.8 Å². The number of benzene rings is 1. The fourth-order valence-electron chi connectivity index (χ4n) is 2.45. The highest BCUT2D eigenvalue weighted by Crippen LogP contribution is 2.29. The molecule has 1 aliphatic heterocycles. The van der Waals surface area contributed by atoms with Crippen LogP contribution < -0.4 is 5.32 Å². The third-order valence-electron chi connectivity index (χ3n) is 3.87. The summed E-state index contributed by atoms with van der Waals surface area (Å²) >= 11 is 0. The molecule has 0 atom stereocenters. The van der Waals surface area contributed by atoms with E-state index in [4.69, 9.17) is 0 Å². The van der Waals surface area contributed by atoms with E-state index in [1.807, 2.05) is 0 Å². The van der Waals surface area contributed by atoms with Gasteiger partial charge in [0.05, 0.1) is 23.4 Å². The number of likely N-dealkylation sites (N-methyl/N-ethyl adjacent to an activating group) is 1. The molecule has 1 aromatic rings. The number of hydrogen-bond donors (Lipinski definition) is 2. The number of aliphatic hydroxyl groups is 1. The molecule has 0 bridgehead atoms. The second-order valence-corrected chi connectivity index (χ2v) is 5.69. The number of amides is 1. The van der Waals surface area contributed by atoms with Crippen molar-refractivity contribution in [2.75, 3.05) is 20.1 Å². The SMILES string of the molecule is C=C1C(O)=C(C(=O)NCCCc2cccc(C(F)(F)F)c2)CN1C. The van der Waals surface area contributed by atoms with Crippen molar-refractivity contribution in [1.82, 2.24) is 10.2 Å².